The summed E-state index contributed by atoms with van der Waals surface area (Å²) < 4.78 is 81.5. The second-order valence-corrected chi connectivity index (χ2v) is 14.5. The van der Waals surface area contributed by atoms with Crippen LogP contribution in [0.2, 0.25) is 0 Å². The maximum atomic E-state index is 14.5. The van der Waals surface area contributed by atoms with E-state index in [0.717, 1.165) is 30.0 Å². The molecule has 5 rings (SSSR count). The monoisotopic (exact) mass is 762 g/mol. The Bertz CT molecular complexity index is 2210. The topological polar surface area (TPSA) is 96.9 Å². The Morgan fingerprint density at radius 3 is 1.95 bits per heavy atom. The first-order valence-corrected chi connectivity index (χ1v) is 17.9. The Morgan fingerprint density at radius 2 is 1.33 bits per heavy atom. The molecule has 0 aliphatic heterocycles. The summed E-state index contributed by atoms with van der Waals surface area (Å²) in [6, 6.07) is 19.9. The summed E-state index contributed by atoms with van der Waals surface area (Å²) in [7, 11) is 0. The maximum Gasteiger partial charge on any atom is 0.262 e. The highest BCUT2D eigenvalue weighted by Gasteiger charge is 2.29. The molecule has 290 valence electrons. The molecule has 0 bridgehead atoms. The molecule has 55 heavy (non-hydrogen) atoms. The number of phenolic OH excluding ortho intramolecular Hbond substituents is 1. The minimum atomic E-state index is -2.35. The molecule has 0 aliphatic rings. The van der Waals surface area contributed by atoms with Crippen molar-refractivity contribution >= 4 is 28.3 Å². The van der Waals surface area contributed by atoms with Crippen LogP contribution >= 0.6 is 0 Å². The fourth-order valence-electron chi connectivity index (χ4n) is 5.88. The zero-order chi connectivity index (χ0) is 40.2. The van der Waals surface area contributed by atoms with Gasteiger partial charge in [-0.05, 0) is 65.5 Å². The first kappa shape index (κ1) is 40.5. The van der Waals surface area contributed by atoms with Crippen LogP contribution in [0.15, 0.2) is 72.8 Å². The molecular formula is C43H43F5N2O5. The molecular weight excluding hydrogens is 719 g/mol. The summed E-state index contributed by atoms with van der Waals surface area (Å²) >= 11 is 0. The number of anilines is 1. The first-order valence-electron chi connectivity index (χ1n) is 17.9. The lowest BCUT2D eigenvalue weighted by Gasteiger charge is -2.30. The molecule has 0 unspecified atom stereocenters. The van der Waals surface area contributed by atoms with E-state index in [-0.39, 0.29) is 46.2 Å². The number of halogens is 5. The van der Waals surface area contributed by atoms with Crippen LogP contribution in [0, 0.1) is 29.1 Å². The number of aromatic hydroxyl groups is 1. The van der Waals surface area contributed by atoms with Crippen molar-refractivity contribution in [2.45, 2.75) is 71.6 Å². The van der Waals surface area contributed by atoms with Gasteiger partial charge in [0.2, 0.25) is 34.8 Å². The van der Waals surface area contributed by atoms with Crippen LogP contribution in [-0.2, 0) is 22.0 Å². The highest BCUT2D eigenvalue weighted by Crippen LogP contribution is 2.41. The number of carbonyl (C=O) groups excluding carboxylic acids is 2. The molecule has 0 saturated heterocycles. The Hall–Kier alpha value is -5.65. The number of carbonyl (C=O) groups is 2. The van der Waals surface area contributed by atoms with E-state index in [1.165, 1.54) is 29.8 Å². The molecule has 0 fully saturated rings. The number of amides is 2. The Morgan fingerprint density at radius 1 is 0.727 bits per heavy atom. The predicted octanol–water partition coefficient (Wildman–Crippen LogP) is 10.4. The minimum absolute atomic E-state index is 0.00192. The fourth-order valence-corrected chi connectivity index (χ4v) is 5.88. The SMILES string of the molecule is CCC(C)(C)c1ccc(OCC(=O)Nc2ccc(CCNC(=O)c3cc(Oc4c(F)c(F)c(F)c(F)c4F)c4ccccc4c3O)cc2)c(C(C)(C)CC)c1. The van der Waals surface area contributed by atoms with Crippen LogP contribution in [0.25, 0.3) is 10.8 Å². The van der Waals surface area contributed by atoms with Gasteiger partial charge in [-0.3, -0.25) is 9.59 Å². The molecule has 0 heterocycles. The average molecular weight is 763 g/mol. The highest BCUT2D eigenvalue weighted by atomic mass is 19.2. The lowest BCUT2D eigenvalue weighted by atomic mass is 9.76. The zero-order valence-corrected chi connectivity index (χ0v) is 31.4. The Kier molecular flexibility index (Phi) is 12.1. The molecule has 3 N–H and O–H groups in total. The van der Waals surface area contributed by atoms with Gasteiger partial charge in [0.15, 0.2) is 6.61 Å². The number of ether oxygens (including phenoxy) is 2. The van der Waals surface area contributed by atoms with Crippen molar-refractivity contribution in [1.82, 2.24) is 5.32 Å². The van der Waals surface area contributed by atoms with Crippen LogP contribution < -0.4 is 20.1 Å². The minimum Gasteiger partial charge on any atom is -0.506 e. The Labute approximate surface area is 316 Å². The zero-order valence-electron chi connectivity index (χ0n) is 31.4. The average Bonchev–Trinajstić information content (AvgIpc) is 3.18. The van der Waals surface area contributed by atoms with Gasteiger partial charge in [0.25, 0.3) is 11.8 Å². The largest absolute Gasteiger partial charge is 0.506 e. The highest BCUT2D eigenvalue weighted by molar-refractivity contribution is 6.06. The number of nitrogens with one attached hydrogen (secondary N) is 2. The summed E-state index contributed by atoms with van der Waals surface area (Å²) in [5, 5.41) is 16.5. The van der Waals surface area contributed by atoms with Crippen LogP contribution in [0.5, 0.6) is 23.0 Å². The van der Waals surface area contributed by atoms with E-state index >= 15 is 0 Å². The van der Waals surface area contributed by atoms with Crippen LogP contribution in [0.1, 0.15) is 81.4 Å². The van der Waals surface area contributed by atoms with Gasteiger partial charge in [0.05, 0.1) is 5.56 Å². The molecule has 0 aromatic heterocycles. The standard InChI is InChI=1S/C43H43F5N2O5/c1-7-42(3,4)25-15-18-31(30(21-25)43(5,6)8-2)54-23-33(51)50-26-16-13-24(14-17-26)19-20-49-41(53)29-22-32(27-11-9-10-12-28(27)39(29)52)55-40-37(47)35(45)34(44)36(46)38(40)48/h9-18,21-22,52H,7-8,19-20,23H2,1-6H3,(H,49,53)(H,50,51). The molecule has 5 aromatic carbocycles. The van der Waals surface area contributed by atoms with Crippen LogP contribution in [0.4, 0.5) is 27.6 Å². The van der Waals surface area contributed by atoms with Crippen molar-refractivity contribution in [2.24, 2.45) is 0 Å². The van der Waals surface area contributed by atoms with Gasteiger partial charge in [0.1, 0.15) is 17.2 Å². The van der Waals surface area contributed by atoms with E-state index in [2.05, 4.69) is 64.3 Å². The van der Waals surface area contributed by atoms with E-state index in [9.17, 15) is 36.6 Å². The first-order chi connectivity index (χ1) is 26.0. The number of phenols is 1. The van der Waals surface area contributed by atoms with E-state index in [4.69, 9.17) is 9.47 Å². The van der Waals surface area contributed by atoms with Gasteiger partial charge >= 0.3 is 0 Å². The predicted molar refractivity (Wildman–Crippen MR) is 202 cm³/mol. The van der Waals surface area contributed by atoms with Gasteiger partial charge < -0.3 is 25.2 Å². The van der Waals surface area contributed by atoms with Crippen molar-refractivity contribution < 1.29 is 46.1 Å². The molecule has 0 atom stereocenters. The van der Waals surface area contributed by atoms with Gasteiger partial charge in [-0.2, -0.15) is 8.78 Å². The van der Waals surface area contributed by atoms with Crippen molar-refractivity contribution in [3.63, 3.8) is 0 Å². The van der Waals surface area contributed by atoms with Gasteiger partial charge in [-0.1, -0.05) is 90.1 Å². The van der Waals surface area contributed by atoms with Crippen molar-refractivity contribution in [1.29, 1.82) is 0 Å². The molecule has 7 nitrogen and oxygen atoms in total. The third-order valence-corrected chi connectivity index (χ3v) is 10.2. The number of hydrogen-bond donors (Lipinski definition) is 3. The number of hydrogen-bond acceptors (Lipinski definition) is 5. The second-order valence-electron chi connectivity index (χ2n) is 14.5. The lowest BCUT2D eigenvalue weighted by molar-refractivity contribution is -0.118. The lowest BCUT2D eigenvalue weighted by Crippen LogP contribution is -2.26. The summed E-state index contributed by atoms with van der Waals surface area (Å²) in [5.41, 5.74) is 3.08. The molecule has 5 aromatic rings. The van der Waals surface area contributed by atoms with E-state index in [0.29, 0.717) is 17.9 Å². The van der Waals surface area contributed by atoms with E-state index in [1.807, 2.05) is 6.07 Å². The molecule has 0 spiro atoms. The van der Waals surface area contributed by atoms with Gasteiger partial charge in [-0.15, -0.1) is 0 Å². The number of fused-ring (bicyclic) bond motifs is 1. The Balaban J connectivity index is 1.22. The quantitative estimate of drug-likeness (QED) is 0.0595. The second kappa shape index (κ2) is 16.4. The van der Waals surface area contributed by atoms with Crippen molar-refractivity contribution in [2.75, 3.05) is 18.5 Å². The summed E-state index contributed by atoms with van der Waals surface area (Å²) in [6.45, 7) is 12.9. The molecule has 0 aliphatic carbocycles. The third-order valence-electron chi connectivity index (χ3n) is 10.2. The normalized spacial score (nSPS) is 11.8. The summed E-state index contributed by atoms with van der Waals surface area (Å²) in [6.07, 6.45) is 2.21. The van der Waals surface area contributed by atoms with E-state index in [1.54, 1.807) is 24.3 Å². The van der Waals surface area contributed by atoms with Crippen molar-refractivity contribution in [3.8, 4) is 23.0 Å². The van der Waals surface area contributed by atoms with Gasteiger partial charge in [-0.25, -0.2) is 13.2 Å². The van der Waals surface area contributed by atoms with E-state index < -0.39 is 52.2 Å². The van der Waals surface area contributed by atoms with Crippen LogP contribution in [-0.4, -0.2) is 30.1 Å². The number of benzene rings is 5. The third kappa shape index (κ3) is 8.69. The summed E-state index contributed by atoms with van der Waals surface area (Å²) in [4.78, 5) is 26.1. The summed E-state index contributed by atoms with van der Waals surface area (Å²) in [5.74, 6) is -14.1. The maximum absolute atomic E-state index is 14.5. The number of rotatable bonds is 14. The molecule has 2 amide bonds. The fraction of sp³-hybridized carbons (Fsp3) is 0.302. The smallest absolute Gasteiger partial charge is 0.262 e. The van der Waals surface area contributed by atoms with Crippen molar-refractivity contribution in [3.05, 3.63) is 124 Å². The van der Waals surface area contributed by atoms with Gasteiger partial charge in [0, 0.05) is 28.6 Å². The molecule has 0 radical (unpaired) electrons. The molecule has 0 saturated carbocycles. The van der Waals surface area contributed by atoms with Crippen LogP contribution in [0.3, 0.4) is 0 Å². The molecule has 12 heteroatoms.